The summed E-state index contributed by atoms with van der Waals surface area (Å²) in [7, 11) is 1.71. The summed E-state index contributed by atoms with van der Waals surface area (Å²) in [4.78, 5) is 8.44. The van der Waals surface area contributed by atoms with E-state index in [4.69, 9.17) is 5.26 Å². The summed E-state index contributed by atoms with van der Waals surface area (Å²) in [5, 5.41) is 19.5. The van der Waals surface area contributed by atoms with Gasteiger partial charge in [0.05, 0.1) is 29.5 Å². The number of nitriles is 1. The maximum atomic E-state index is 9.00. The summed E-state index contributed by atoms with van der Waals surface area (Å²) in [6, 6.07) is 11.9. The standard InChI is InChI=1S/C16H15N7/c1-11-14(10-23(22-11)13-6-4-3-5-7-13)20-16-19-9-12(8-17)15(18-2)21-16/h3-7,9-10H,1-2H3,(H2,18,19,20,21). The first-order valence-corrected chi connectivity index (χ1v) is 7.05. The molecule has 0 aliphatic carbocycles. The van der Waals surface area contributed by atoms with Gasteiger partial charge in [-0.25, -0.2) is 9.67 Å². The first-order chi connectivity index (χ1) is 11.2. The van der Waals surface area contributed by atoms with Gasteiger partial charge in [-0.15, -0.1) is 0 Å². The highest BCUT2D eigenvalue weighted by Gasteiger charge is 2.10. The zero-order valence-corrected chi connectivity index (χ0v) is 12.8. The molecule has 114 valence electrons. The van der Waals surface area contributed by atoms with Crippen molar-refractivity contribution in [2.45, 2.75) is 6.92 Å². The van der Waals surface area contributed by atoms with Gasteiger partial charge in [-0.05, 0) is 19.1 Å². The molecule has 0 aliphatic rings. The van der Waals surface area contributed by atoms with Crippen molar-refractivity contribution < 1.29 is 0 Å². The SMILES string of the molecule is CNc1nc(Nc2cn(-c3ccccc3)nc2C)ncc1C#N. The van der Waals surface area contributed by atoms with Crippen LogP contribution in [0.5, 0.6) is 0 Å². The fourth-order valence-electron chi connectivity index (χ4n) is 2.13. The Balaban J connectivity index is 1.89. The molecule has 0 atom stereocenters. The predicted octanol–water partition coefficient (Wildman–Crippen LogP) is 2.63. The Morgan fingerprint density at radius 3 is 2.70 bits per heavy atom. The van der Waals surface area contributed by atoms with Crippen LogP contribution in [0.15, 0.2) is 42.7 Å². The Morgan fingerprint density at radius 1 is 1.22 bits per heavy atom. The Morgan fingerprint density at radius 2 is 2.00 bits per heavy atom. The normalized spacial score (nSPS) is 10.1. The number of hydrogen-bond acceptors (Lipinski definition) is 6. The van der Waals surface area contributed by atoms with Crippen LogP contribution in [0.3, 0.4) is 0 Å². The number of rotatable bonds is 4. The van der Waals surface area contributed by atoms with E-state index in [1.54, 1.807) is 11.7 Å². The molecule has 2 N–H and O–H groups in total. The molecule has 1 aromatic carbocycles. The van der Waals surface area contributed by atoms with Crippen LogP contribution in [0.4, 0.5) is 17.5 Å². The molecule has 0 saturated heterocycles. The van der Waals surface area contributed by atoms with Gasteiger partial charge >= 0.3 is 0 Å². The highest BCUT2D eigenvalue weighted by atomic mass is 15.3. The summed E-state index contributed by atoms with van der Waals surface area (Å²) >= 11 is 0. The Kier molecular flexibility index (Phi) is 3.89. The molecule has 3 rings (SSSR count). The van der Waals surface area contributed by atoms with E-state index < -0.39 is 0 Å². The molecule has 0 bridgehead atoms. The molecule has 7 nitrogen and oxygen atoms in total. The van der Waals surface area contributed by atoms with Crippen molar-refractivity contribution in [3.05, 3.63) is 54.0 Å². The van der Waals surface area contributed by atoms with Crippen molar-refractivity contribution >= 4 is 17.5 Å². The summed E-state index contributed by atoms with van der Waals surface area (Å²) in [6.45, 7) is 1.91. The molecule has 23 heavy (non-hydrogen) atoms. The molecule has 0 radical (unpaired) electrons. The second-order valence-electron chi connectivity index (χ2n) is 4.85. The van der Waals surface area contributed by atoms with Crippen LogP contribution in [0, 0.1) is 18.3 Å². The van der Waals surface area contributed by atoms with E-state index in [1.165, 1.54) is 6.20 Å². The lowest BCUT2D eigenvalue weighted by Crippen LogP contribution is -2.03. The maximum Gasteiger partial charge on any atom is 0.229 e. The second-order valence-corrected chi connectivity index (χ2v) is 4.85. The molecule has 2 aromatic heterocycles. The number of hydrogen-bond donors (Lipinski definition) is 2. The molecule has 7 heteroatoms. The van der Waals surface area contributed by atoms with Crippen LogP contribution < -0.4 is 10.6 Å². The maximum absolute atomic E-state index is 9.00. The molecule has 2 heterocycles. The number of anilines is 3. The molecule has 3 aromatic rings. The lowest BCUT2D eigenvalue weighted by atomic mass is 10.3. The van der Waals surface area contributed by atoms with E-state index in [0.717, 1.165) is 17.1 Å². The number of aryl methyl sites for hydroxylation is 1. The van der Waals surface area contributed by atoms with Crippen molar-refractivity contribution in [1.29, 1.82) is 5.26 Å². The van der Waals surface area contributed by atoms with E-state index in [1.807, 2.05) is 49.5 Å². The summed E-state index contributed by atoms with van der Waals surface area (Å²) in [5.41, 5.74) is 3.00. The van der Waals surface area contributed by atoms with Crippen molar-refractivity contribution in [3.63, 3.8) is 0 Å². The van der Waals surface area contributed by atoms with Gasteiger partial charge in [0.15, 0.2) is 0 Å². The average molecular weight is 305 g/mol. The molecule has 0 fully saturated rings. The van der Waals surface area contributed by atoms with Gasteiger partial charge in [0, 0.05) is 7.05 Å². The Labute approximate surface area is 133 Å². The molecular weight excluding hydrogens is 290 g/mol. The summed E-state index contributed by atoms with van der Waals surface area (Å²) < 4.78 is 1.79. The van der Waals surface area contributed by atoms with Crippen LogP contribution in [-0.2, 0) is 0 Å². The quantitative estimate of drug-likeness (QED) is 0.770. The lowest BCUT2D eigenvalue weighted by Gasteiger charge is -2.06. The van der Waals surface area contributed by atoms with Gasteiger partial charge in [0.25, 0.3) is 0 Å². The van der Waals surface area contributed by atoms with Gasteiger partial charge in [-0.1, -0.05) is 18.2 Å². The van der Waals surface area contributed by atoms with Crippen LogP contribution in [-0.4, -0.2) is 26.8 Å². The van der Waals surface area contributed by atoms with E-state index in [9.17, 15) is 0 Å². The molecule has 0 aliphatic heterocycles. The zero-order chi connectivity index (χ0) is 16.2. The van der Waals surface area contributed by atoms with Gasteiger partial charge in [-0.2, -0.15) is 15.3 Å². The second kappa shape index (κ2) is 6.15. The van der Waals surface area contributed by atoms with E-state index >= 15 is 0 Å². The minimum absolute atomic E-state index is 0.398. The number of nitrogens with one attached hydrogen (secondary N) is 2. The first-order valence-electron chi connectivity index (χ1n) is 7.05. The summed E-state index contributed by atoms with van der Waals surface area (Å²) in [5.74, 6) is 0.891. The number of nitrogens with zero attached hydrogens (tertiary/aromatic N) is 5. The van der Waals surface area contributed by atoms with Gasteiger partial charge < -0.3 is 10.6 Å². The third-order valence-corrected chi connectivity index (χ3v) is 3.31. The van der Waals surface area contributed by atoms with E-state index in [2.05, 4.69) is 25.7 Å². The first kappa shape index (κ1) is 14.5. The van der Waals surface area contributed by atoms with Crippen molar-refractivity contribution in [1.82, 2.24) is 19.7 Å². The highest BCUT2D eigenvalue weighted by Crippen LogP contribution is 2.21. The third-order valence-electron chi connectivity index (χ3n) is 3.31. The Hall–Kier alpha value is -3.40. The largest absolute Gasteiger partial charge is 0.372 e. The topological polar surface area (TPSA) is 91.4 Å². The Bertz CT molecular complexity index is 862. The van der Waals surface area contributed by atoms with Crippen LogP contribution in [0.1, 0.15) is 11.3 Å². The van der Waals surface area contributed by atoms with Gasteiger partial charge in [0.2, 0.25) is 5.95 Å². The monoisotopic (exact) mass is 305 g/mol. The fourth-order valence-corrected chi connectivity index (χ4v) is 2.13. The third kappa shape index (κ3) is 2.96. The van der Waals surface area contributed by atoms with Gasteiger partial charge in [0.1, 0.15) is 17.5 Å². The van der Waals surface area contributed by atoms with E-state index in [0.29, 0.717) is 17.3 Å². The molecule has 0 unspecified atom stereocenters. The molecular formula is C16H15N7. The fraction of sp³-hybridized carbons (Fsp3) is 0.125. The number of aromatic nitrogens is 4. The van der Waals surface area contributed by atoms with Gasteiger partial charge in [-0.3, -0.25) is 0 Å². The average Bonchev–Trinajstić information content (AvgIpc) is 2.96. The smallest absolute Gasteiger partial charge is 0.229 e. The summed E-state index contributed by atoms with van der Waals surface area (Å²) in [6.07, 6.45) is 3.36. The van der Waals surface area contributed by atoms with Crippen LogP contribution in [0.2, 0.25) is 0 Å². The number of para-hydroxylation sites is 1. The zero-order valence-electron chi connectivity index (χ0n) is 12.8. The minimum Gasteiger partial charge on any atom is -0.372 e. The number of benzene rings is 1. The molecule has 0 amide bonds. The van der Waals surface area contributed by atoms with Crippen LogP contribution in [0.25, 0.3) is 5.69 Å². The molecule has 0 spiro atoms. The van der Waals surface area contributed by atoms with E-state index in [-0.39, 0.29) is 0 Å². The van der Waals surface area contributed by atoms with Crippen LogP contribution >= 0.6 is 0 Å². The predicted molar refractivity (Wildman–Crippen MR) is 87.9 cm³/mol. The minimum atomic E-state index is 0.398. The highest BCUT2D eigenvalue weighted by molar-refractivity contribution is 5.59. The van der Waals surface area contributed by atoms with Crippen molar-refractivity contribution in [2.75, 3.05) is 17.7 Å². The van der Waals surface area contributed by atoms with Crippen molar-refractivity contribution in [2.24, 2.45) is 0 Å². The molecule has 0 saturated carbocycles. The van der Waals surface area contributed by atoms with Crippen molar-refractivity contribution in [3.8, 4) is 11.8 Å². The lowest BCUT2D eigenvalue weighted by molar-refractivity contribution is 0.863.